The van der Waals surface area contributed by atoms with Crippen molar-refractivity contribution in [1.82, 2.24) is 5.32 Å². The molecule has 3 unspecified atom stereocenters. The first-order valence-corrected chi connectivity index (χ1v) is 7.42. The Balaban J connectivity index is 2.32. The Hall–Kier alpha value is -0.120. The van der Waals surface area contributed by atoms with Gasteiger partial charge in [0, 0.05) is 0 Å². The SMILES string of the molecule is CCCNC(CO)COC1CC(C)CC(C)(C)C1. The van der Waals surface area contributed by atoms with Crippen LogP contribution in [0.5, 0.6) is 0 Å². The fourth-order valence-electron chi connectivity index (χ4n) is 3.16. The Labute approximate surface area is 112 Å². The molecule has 18 heavy (non-hydrogen) atoms. The molecule has 108 valence electrons. The van der Waals surface area contributed by atoms with Crippen molar-refractivity contribution in [3.05, 3.63) is 0 Å². The average Bonchev–Trinajstić information content (AvgIpc) is 2.26. The van der Waals surface area contributed by atoms with E-state index in [0.717, 1.165) is 31.7 Å². The smallest absolute Gasteiger partial charge is 0.0645 e. The van der Waals surface area contributed by atoms with Crippen LogP contribution in [0.4, 0.5) is 0 Å². The molecule has 1 rings (SSSR count). The highest BCUT2D eigenvalue weighted by molar-refractivity contribution is 4.83. The number of nitrogens with one attached hydrogen (secondary N) is 1. The van der Waals surface area contributed by atoms with Crippen molar-refractivity contribution in [3.8, 4) is 0 Å². The van der Waals surface area contributed by atoms with E-state index in [0.29, 0.717) is 18.1 Å². The van der Waals surface area contributed by atoms with Crippen LogP contribution in [0.25, 0.3) is 0 Å². The van der Waals surface area contributed by atoms with E-state index in [-0.39, 0.29) is 12.6 Å². The lowest BCUT2D eigenvalue weighted by Gasteiger charge is -2.39. The maximum Gasteiger partial charge on any atom is 0.0645 e. The fraction of sp³-hybridized carbons (Fsp3) is 1.00. The molecule has 0 saturated heterocycles. The quantitative estimate of drug-likeness (QED) is 0.736. The summed E-state index contributed by atoms with van der Waals surface area (Å²) in [4.78, 5) is 0. The second kappa shape index (κ2) is 7.46. The highest BCUT2D eigenvalue weighted by Crippen LogP contribution is 2.39. The molecule has 0 aromatic carbocycles. The summed E-state index contributed by atoms with van der Waals surface area (Å²) in [5.41, 5.74) is 0.397. The fourth-order valence-corrected chi connectivity index (χ4v) is 3.16. The van der Waals surface area contributed by atoms with Crippen molar-refractivity contribution in [2.75, 3.05) is 19.8 Å². The van der Waals surface area contributed by atoms with Gasteiger partial charge in [-0.3, -0.25) is 0 Å². The molecule has 1 aliphatic rings. The van der Waals surface area contributed by atoms with Gasteiger partial charge in [-0.1, -0.05) is 27.7 Å². The number of rotatable bonds is 7. The molecule has 1 aliphatic carbocycles. The molecular weight excluding hydrogens is 226 g/mol. The van der Waals surface area contributed by atoms with Gasteiger partial charge in [0.2, 0.25) is 0 Å². The molecule has 0 bridgehead atoms. The van der Waals surface area contributed by atoms with Crippen LogP contribution in [0.2, 0.25) is 0 Å². The van der Waals surface area contributed by atoms with Gasteiger partial charge in [-0.15, -0.1) is 0 Å². The third kappa shape index (κ3) is 5.68. The van der Waals surface area contributed by atoms with Crippen LogP contribution >= 0.6 is 0 Å². The van der Waals surface area contributed by atoms with E-state index in [1.807, 2.05) is 0 Å². The van der Waals surface area contributed by atoms with E-state index >= 15 is 0 Å². The first kappa shape index (κ1) is 15.9. The maximum atomic E-state index is 9.29. The van der Waals surface area contributed by atoms with Crippen LogP contribution in [-0.4, -0.2) is 37.0 Å². The van der Waals surface area contributed by atoms with E-state index in [1.165, 1.54) is 6.42 Å². The summed E-state index contributed by atoms with van der Waals surface area (Å²) in [7, 11) is 0. The van der Waals surface area contributed by atoms with E-state index in [9.17, 15) is 5.11 Å². The average molecular weight is 257 g/mol. The Morgan fingerprint density at radius 3 is 2.67 bits per heavy atom. The van der Waals surface area contributed by atoms with Crippen molar-refractivity contribution in [3.63, 3.8) is 0 Å². The second-order valence-corrected chi connectivity index (χ2v) is 6.70. The topological polar surface area (TPSA) is 41.5 Å². The van der Waals surface area contributed by atoms with Gasteiger partial charge >= 0.3 is 0 Å². The van der Waals surface area contributed by atoms with Crippen molar-refractivity contribution in [1.29, 1.82) is 0 Å². The van der Waals surface area contributed by atoms with E-state index < -0.39 is 0 Å². The minimum Gasteiger partial charge on any atom is -0.395 e. The minimum atomic E-state index is 0.0882. The van der Waals surface area contributed by atoms with Crippen LogP contribution in [0.1, 0.15) is 53.4 Å². The summed E-state index contributed by atoms with van der Waals surface area (Å²) >= 11 is 0. The monoisotopic (exact) mass is 257 g/mol. The Morgan fingerprint density at radius 1 is 1.39 bits per heavy atom. The lowest BCUT2D eigenvalue weighted by atomic mass is 9.71. The van der Waals surface area contributed by atoms with Crippen LogP contribution < -0.4 is 5.32 Å². The van der Waals surface area contributed by atoms with Crippen molar-refractivity contribution in [2.45, 2.75) is 65.5 Å². The third-order valence-corrected chi connectivity index (χ3v) is 3.78. The molecule has 0 aromatic heterocycles. The molecule has 0 heterocycles. The second-order valence-electron chi connectivity index (χ2n) is 6.70. The summed E-state index contributed by atoms with van der Waals surface area (Å²) < 4.78 is 6.02. The number of hydrogen-bond donors (Lipinski definition) is 2. The zero-order valence-corrected chi connectivity index (χ0v) is 12.5. The molecule has 2 N–H and O–H groups in total. The third-order valence-electron chi connectivity index (χ3n) is 3.78. The molecule has 1 saturated carbocycles. The zero-order chi connectivity index (χ0) is 13.6. The van der Waals surface area contributed by atoms with Gasteiger partial charge < -0.3 is 15.2 Å². The molecule has 1 fully saturated rings. The number of ether oxygens (including phenoxy) is 1. The summed E-state index contributed by atoms with van der Waals surface area (Å²) in [6.45, 7) is 10.8. The molecule has 3 nitrogen and oxygen atoms in total. The largest absolute Gasteiger partial charge is 0.395 e. The highest BCUT2D eigenvalue weighted by atomic mass is 16.5. The maximum absolute atomic E-state index is 9.29. The summed E-state index contributed by atoms with van der Waals surface area (Å²) in [5, 5.41) is 12.6. The lowest BCUT2D eigenvalue weighted by Crippen LogP contribution is -2.40. The minimum absolute atomic E-state index is 0.0882. The van der Waals surface area contributed by atoms with E-state index in [1.54, 1.807) is 0 Å². The summed E-state index contributed by atoms with van der Waals surface area (Å²) in [5.74, 6) is 0.745. The zero-order valence-electron chi connectivity index (χ0n) is 12.5. The standard InChI is InChI=1S/C15H31NO2/c1-5-6-16-13(10-17)11-18-14-7-12(2)8-15(3,4)9-14/h12-14,16-17H,5-11H2,1-4H3. The predicted molar refractivity (Wildman–Crippen MR) is 75.7 cm³/mol. The Morgan fingerprint density at radius 2 is 2.11 bits per heavy atom. The van der Waals surface area contributed by atoms with Crippen molar-refractivity contribution >= 4 is 0 Å². The van der Waals surface area contributed by atoms with Crippen LogP contribution in [0.15, 0.2) is 0 Å². The number of aliphatic hydroxyl groups is 1. The molecule has 0 amide bonds. The van der Waals surface area contributed by atoms with Gasteiger partial charge in [-0.2, -0.15) is 0 Å². The van der Waals surface area contributed by atoms with Gasteiger partial charge in [0.05, 0.1) is 25.4 Å². The number of hydrogen-bond acceptors (Lipinski definition) is 3. The molecule has 0 aromatic rings. The Kier molecular flexibility index (Phi) is 6.61. The number of aliphatic hydroxyl groups excluding tert-OH is 1. The molecule has 0 aliphatic heterocycles. The molecule has 0 spiro atoms. The lowest BCUT2D eigenvalue weighted by molar-refractivity contribution is -0.0352. The highest BCUT2D eigenvalue weighted by Gasteiger charge is 2.32. The summed E-state index contributed by atoms with van der Waals surface area (Å²) in [6, 6.07) is 0.0882. The van der Waals surface area contributed by atoms with Crippen LogP contribution in [0.3, 0.4) is 0 Å². The van der Waals surface area contributed by atoms with Crippen molar-refractivity contribution < 1.29 is 9.84 Å². The summed E-state index contributed by atoms with van der Waals surface area (Å²) in [6.07, 6.45) is 5.05. The van der Waals surface area contributed by atoms with Crippen LogP contribution in [0, 0.1) is 11.3 Å². The van der Waals surface area contributed by atoms with Gasteiger partial charge in [0.1, 0.15) is 0 Å². The molecular formula is C15H31NO2. The van der Waals surface area contributed by atoms with E-state index in [4.69, 9.17) is 4.74 Å². The normalized spacial score (nSPS) is 29.2. The molecule has 3 heteroatoms. The van der Waals surface area contributed by atoms with Gasteiger partial charge in [-0.05, 0) is 43.6 Å². The predicted octanol–water partition coefficient (Wildman–Crippen LogP) is 2.58. The first-order valence-electron chi connectivity index (χ1n) is 7.42. The van der Waals surface area contributed by atoms with Gasteiger partial charge in [-0.25, -0.2) is 0 Å². The first-order chi connectivity index (χ1) is 8.46. The Bertz CT molecular complexity index is 231. The van der Waals surface area contributed by atoms with Gasteiger partial charge in [0.25, 0.3) is 0 Å². The molecule has 3 atom stereocenters. The van der Waals surface area contributed by atoms with Crippen molar-refractivity contribution in [2.24, 2.45) is 11.3 Å². The van der Waals surface area contributed by atoms with E-state index in [2.05, 4.69) is 33.0 Å². The van der Waals surface area contributed by atoms with Crippen LogP contribution in [-0.2, 0) is 4.74 Å². The van der Waals surface area contributed by atoms with Gasteiger partial charge in [0.15, 0.2) is 0 Å². The molecule has 0 radical (unpaired) electrons.